The van der Waals surface area contributed by atoms with Gasteiger partial charge in [0.15, 0.2) is 0 Å². The topological polar surface area (TPSA) is 65.7 Å². The predicted molar refractivity (Wildman–Crippen MR) is 46.0 cm³/mol. The van der Waals surface area contributed by atoms with Crippen LogP contribution in [0.1, 0.15) is 27.6 Å². The molecule has 0 spiro atoms. The molecule has 0 fully saturated rings. The van der Waals surface area contributed by atoms with Gasteiger partial charge in [0.05, 0.1) is 13.7 Å². The third-order valence-electron chi connectivity index (χ3n) is 1.56. The molecule has 0 saturated carbocycles. The van der Waals surface area contributed by atoms with Gasteiger partial charge in [0.25, 0.3) is 0 Å². The van der Waals surface area contributed by atoms with E-state index in [2.05, 4.69) is 4.74 Å². The normalized spacial score (nSPS) is 9.57. The summed E-state index contributed by atoms with van der Waals surface area (Å²) in [6, 6.07) is 0. The van der Waals surface area contributed by atoms with Gasteiger partial charge in [-0.25, -0.2) is 9.59 Å². The van der Waals surface area contributed by atoms with Crippen LogP contribution in [-0.2, 0) is 9.47 Å². The van der Waals surface area contributed by atoms with E-state index in [0.717, 1.165) is 12.5 Å². The molecule has 5 nitrogen and oxygen atoms in total. The molecule has 0 bridgehead atoms. The summed E-state index contributed by atoms with van der Waals surface area (Å²) >= 11 is 0. The number of ether oxygens (including phenoxy) is 2. The summed E-state index contributed by atoms with van der Waals surface area (Å²) in [6.07, 6.45) is 2.31. The lowest BCUT2D eigenvalue weighted by Gasteiger charge is -2.00. The van der Waals surface area contributed by atoms with Gasteiger partial charge in [0, 0.05) is 0 Å². The third kappa shape index (κ3) is 1.93. The lowest BCUT2D eigenvalue weighted by Crippen LogP contribution is -2.10. The van der Waals surface area contributed by atoms with Crippen molar-refractivity contribution in [3.63, 3.8) is 0 Å². The molecule has 14 heavy (non-hydrogen) atoms. The van der Waals surface area contributed by atoms with Crippen LogP contribution < -0.4 is 0 Å². The second-order valence-electron chi connectivity index (χ2n) is 2.41. The molecule has 0 aliphatic heterocycles. The molecule has 0 aromatic carbocycles. The van der Waals surface area contributed by atoms with Crippen LogP contribution in [0.15, 0.2) is 16.9 Å². The summed E-state index contributed by atoms with van der Waals surface area (Å²) in [5.74, 6) is -1.22. The van der Waals surface area contributed by atoms with Crippen molar-refractivity contribution < 1.29 is 23.5 Å². The van der Waals surface area contributed by atoms with Gasteiger partial charge in [-0.15, -0.1) is 0 Å². The largest absolute Gasteiger partial charge is 0.471 e. The summed E-state index contributed by atoms with van der Waals surface area (Å²) in [5.41, 5.74) is 0.157. The molecule has 0 unspecified atom stereocenters. The van der Waals surface area contributed by atoms with E-state index in [1.165, 1.54) is 7.11 Å². The zero-order valence-electron chi connectivity index (χ0n) is 7.90. The molecule has 0 radical (unpaired) electrons. The zero-order chi connectivity index (χ0) is 10.6. The number of furan rings is 1. The van der Waals surface area contributed by atoms with Crippen molar-refractivity contribution in [3.05, 3.63) is 23.7 Å². The summed E-state index contributed by atoms with van der Waals surface area (Å²) in [7, 11) is 1.23. The molecule has 1 heterocycles. The van der Waals surface area contributed by atoms with Crippen LogP contribution >= 0.6 is 0 Å². The summed E-state index contributed by atoms with van der Waals surface area (Å²) < 4.78 is 13.9. The van der Waals surface area contributed by atoms with Crippen molar-refractivity contribution in [1.82, 2.24) is 0 Å². The van der Waals surface area contributed by atoms with Gasteiger partial charge in [-0.2, -0.15) is 0 Å². The highest BCUT2D eigenvalue weighted by Gasteiger charge is 2.20. The molecule has 0 atom stereocenters. The van der Waals surface area contributed by atoms with Crippen LogP contribution in [0.25, 0.3) is 0 Å². The Kier molecular flexibility index (Phi) is 3.28. The molecule has 0 aliphatic carbocycles. The van der Waals surface area contributed by atoms with Crippen LogP contribution in [0, 0.1) is 0 Å². The highest BCUT2D eigenvalue weighted by molar-refractivity contribution is 6.02. The minimum Gasteiger partial charge on any atom is -0.471 e. The fourth-order valence-corrected chi connectivity index (χ4v) is 0.932. The van der Waals surface area contributed by atoms with Crippen LogP contribution in [-0.4, -0.2) is 25.7 Å². The Hall–Kier alpha value is -1.78. The second kappa shape index (κ2) is 4.45. The summed E-state index contributed by atoms with van der Waals surface area (Å²) in [4.78, 5) is 22.4. The lowest BCUT2D eigenvalue weighted by atomic mass is 10.2. The van der Waals surface area contributed by atoms with Crippen molar-refractivity contribution in [3.8, 4) is 0 Å². The molecule has 1 rings (SSSR count). The standard InChI is InChI=1S/C9H10O5/c1-3-14-9(11)7-5-13-4-6(7)8(10)12-2/h4-5H,3H2,1-2H3. The Morgan fingerprint density at radius 1 is 1.29 bits per heavy atom. The van der Waals surface area contributed by atoms with E-state index in [4.69, 9.17) is 9.15 Å². The van der Waals surface area contributed by atoms with E-state index in [1.807, 2.05) is 0 Å². The molecule has 5 heteroatoms. The van der Waals surface area contributed by atoms with Gasteiger partial charge >= 0.3 is 11.9 Å². The quantitative estimate of drug-likeness (QED) is 0.683. The number of carbonyl (C=O) groups excluding carboxylic acids is 2. The minimum atomic E-state index is -0.623. The molecule has 0 saturated heterocycles. The predicted octanol–water partition coefficient (Wildman–Crippen LogP) is 1.24. The molecule has 1 aromatic rings. The first kappa shape index (κ1) is 10.3. The van der Waals surface area contributed by atoms with Crippen molar-refractivity contribution >= 4 is 11.9 Å². The van der Waals surface area contributed by atoms with Crippen LogP contribution in [0.3, 0.4) is 0 Å². The molecule has 1 aromatic heterocycles. The lowest BCUT2D eigenvalue weighted by molar-refractivity contribution is 0.0505. The SMILES string of the molecule is CCOC(=O)c1cocc1C(=O)OC. The van der Waals surface area contributed by atoms with Crippen molar-refractivity contribution in [2.75, 3.05) is 13.7 Å². The van der Waals surface area contributed by atoms with E-state index < -0.39 is 11.9 Å². The first-order chi connectivity index (χ1) is 6.70. The minimum absolute atomic E-state index is 0.0750. The number of carbonyl (C=O) groups is 2. The van der Waals surface area contributed by atoms with Gasteiger partial charge < -0.3 is 13.9 Å². The Balaban J connectivity index is 2.92. The highest BCUT2D eigenvalue weighted by atomic mass is 16.5. The summed E-state index contributed by atoms with van der Waals surface area (Å²) in [6.45, 7) is 1.92. The number of rotatable bonds is 3. The van der Waals surface area contributed by atoms with Crippen molar-refractivity contribution in [1.29, 1.82) is 0 Å². The number of hydrogen-bond acceptors (Lipinski definition) is 5. The second-order valence-corrected chi connectivity index (χ2v) is 2.41. The average molecular weight is 198 g/mol. The molecular formula is C9H10O5. The monoisotopic (exact) mass is 198 g/mol. The van der Waals surface area contributed by atoms with Gasteiger partial charge in [-0.05, 0) is 6.92 Å². The summed E-state index contributed by atoms with van der Waals surface area (Å²) in [5, 5.41) is 0. The maximum Gasteiger partial charge on any atom is 0.342 e. The number of hydrogen-bond donors (Lipinski definition) is 0. The van der Waals surface area contributed by atoms with E-state index in [0.29, 0.717) is 0 Å². The van der Waals surface area contributed by atoms with Gasteiger partial charge in [0.1, 0.15) is 23.7 Å². The van der Waals surface area contributed by atoms with Crippen molar-refractivity contribution in [2.24, 2.45) is 0 Å². The van der Waals surface area contributed by atoms with E-state index in [-0.39, 0.29) is 17.7 Å². The smallest absolute Gasteiger partial charge is 0.342 e. The highest BCUT2D eigenvalue weighted by Crippen LogP contribution is 2.12. The Morgan fingerprint density at radius 2 is 1.86 bits per heavy atom. The Morgan fingerprint density at radius 3 is 2.36 bits per heavy atom. The molecule has 0 N–H and O–H groups in total. The Labute approximate surface area is 80.6 Å². The fraction of sp³-hybridized carbons (Fsp3) is 0.333. The third-order valence-corrected chi connectivity index (χ3v) is 1.56. The van der Waals surface area contributed by atoms with Crippen molar-refractivity contribution in [2.45, 2.75) is 6.92 Å². The Bertz CT molecular complexity index is 339. The number of esters is 2. The number of methoxy groups -OCH3 is 1. The van der Waals surface area contributed by atoms with Crippen LogP contribution in [0.2, 0.25) is 0 Å². The van der Waals surface area contributed by atoms with E-state index in [1.54, 1.807) is 6.92 Å². The van der Waals surface area contributed by atoms with Crippen LogP contribution in [0.5, 0.6) is 0 Å². The molecular weight excluding hydrogens is 188 g/mol. The fourth-order valence-electron chi connectivity index (χ4n) is 0.932. The van der Waals surface area contributed by atoms with Crippen LogP contribution in [0.4, 0.5) is 0 Å². The van der Waals surface area contributed by atoms with Gasteiger partial charge in [0.2, 0.25) is 0 Å². The first-order valence-electron chi connectivity index (χ1n) is 4.02. The molecule has 0 aliphatic rings. The maximum atomic E-state index is 11.3. The molecule has 76 valence electrons. The van der Waals surface area contributed by atoms with Gasteiger partial charge in [-0.1, -0.05) is 0 Å². The van der Waals surface area contributed by atoms with E-state index >= 15 is 0 Å². The molecule has 0 amide bonds. The average Bonchev–Trinajstić information content (AvgIpc) is 2.65. The maximum absolute atomic E-state index is 11.3. The first-order valence-corrected chi connectivity index (χ1v) is 4.02. The van der Waals surface area contributed by atoms with E-state index in [9.17, 15) is 9.59 Å². The van der Waals surface area contributed by atoms with Gasteiger partial charge in [-0.3, -0.25) is 0 Å². The zero-order valence-corrected chi connectivity index (χ0v) is 7.90.